The van der Waals surface area contributed by atoms with Crippen molar-refractivity contribution in [1.29, 1.82) is 0 Å². The quantitative estimate of drug-likeness (QED) is 0.909. The first kappa shape index (κ1) is 14.5. The highest BCUT2D eigenvalue weighted by atomic mass is 35.5. The first-order valence-electron chi connectivity index (χ1n) is 6.34. The molecule has 0 aliphatic rings. The first-order chi connectivity index (χ1) is 9.54. The standard InChI is InChI=1S/C16H15ClFNO/c1-11(13-5-3-6-14(17)10-13)19-16(20)9-12-4-2-7-15(18)8-12/h2-8,10-11H,9H2,1H3,(H,19,20)/t11-/m1/s1. The van der Waals surface area contributed by atoms with E-state index in [2.05, 4.69) is 5.32 Å². The molecule has 2 rings (SSSR count). The van der Waals surface area contributed by atoms with Crippen LogP contribution in [0.4, 0.5) is 4.39 Å². The maximum atomic E-state index is 13.0. The Labute approximate surface area is 122 Å². The summed E-state index contributed by atoms with van der Waals surface area (Å²) in [5.74, 6) is -0.485. The molecule has 1 atom stereocenters. The minimum Gasteiger partial charge on any atom is -0.349 e. The molecule has 20 heavy (non-hydrogen) atoms. The molecule has 0 saturated heterocycles. The van der Waals surface area contributed by atoms with Crippen molar-refractivity contribution in [2.45, 2.75) is 19.4 Å². The van der Waals surface area contributed by atoms with Crippen molar-refractivity contribution in [1.82, 2.24) is 5.32 Å². The van der Waals surface area contributed by atoms with Crippen molar-refractivity contribution < 1.29 is 9.18 Å². The summed E-state index contributed by atoms with van der Waals surface area (Å²) in [5, 5.41) is 3.50. The summed E-state index contributed by atoms with van der Waals surface area (Å²) in [7, 11) is 0. The maximum Gasteiger partial charge on any atom is 0.224 e. The number of hydrogen-bond donors (Lipinski definition) is 1. The van der Waals surface area contributed by atoms with Crippen molar-refractivity contribution in [3.05, 3.63) is 70.5 Å². The normalized spacial score (nSPS) is 11.9. The smallest absolute Gasteiger partial charge is 0.224 e. The van der Waals surface area contributed by atoms with Crippen LogP contribution in [0.15, 0.2) is 48.5 Å². The van der Waals surface area contributed by atoms with E-state index < -0.39 is 0 Å². The largest absolute Gasteiger partial charge is 0.349 e. The van der Waals surface area contributed by atoms with Gasteiger partial charge in [-0.25, -0.2) is 4.39 Å². The maximum absolute atomic E-state index is 13.0. The number of hydrogen-bond acceptors (Lipinski definition) is 1. The van der Waals surface area contributed by atoms with Crippen molar-refractivity contribution in [2.24, 2.45) is 0 Å². The number of nitrogens with one attached hydrogen (secondary N) is 1. The molecule has 2 aromatic rings. The van der Waals surface area contributed by atoms with Crippen molar-refractivity contribution in [3.63, 3.8) is 0 Å². The van der Waals surface area contributed by atoms with E-state index in [0.29, 0.717) is 10.6 Å². The molecule has 0 radical (unpaired) electrons. The third-order valence-electron chi connectivity index (χ3n) is 2.98. The Hall–Kier alpha value is -1.87. The molecule has 0 aromatic heterocycles. The molecule has 4 heteroatoms. The molecule has 0 aliphatic carbocycles. The van der Waals surface area contributed by atoms with Gasteiger partial charge in [-0.1, -0.05) is 35.9 Å². The number of rotatable bonds is 4. The molecule has 0 spiro atoms. The van der Waals surface area contributed by atoms with Crippen LogP contribution >= 0.6 is 11.6 Å². The van der Waals surface area contributed by atoms with Gasteiger partial charge in [0.25, 0.3) is 0 Å². The lowest BCUT2D eigenvalue weighted by Crippen LogP contribution is -2.28. The fraction of sp³-hybridized carbons (Fsp3) is 0.188. The van der Waals surface area contributed by atoms with Gasteiger partial charge >= 0.3 is 0 Å². The van der Waals surface area contributed by atoms with E-state index >= 15 is 0 Å². The zero-order chi connectivity index (χ0) is 14.5. The predicted molar refractivity (Wildman–Crippen MR) is 78.1 cm³/mol. The van der Waals surface area contributed by atoms with Crippen LogP contribution in [0.2, 0.25) is 5.02 Å². The Morgan fingerprint density at radius 3 is 2.70 bits per heavy atom. The SMILES string of the molecule is C[C@@H](NC(=O)Cc1cccc(F)c1)c1cccc(Cl)c1. The zero-order valence-electron chi connectivity index (χ0n) is 11.1. The molecule has 2 nitrogen and oxygen atoms in total. The second kappa shape index (κ2) is 6.53. The molecule has 1 amide bonds. The number of carbonyl (C=O) groups excluding carboxylic acids is 1. The number of carbonyl (C=O) groups is 1. The Kier molecular flexibility index (Phi) is 4.74. The molecule has 0 bridgehead atoms. The Morgan fingerprint density at radius 1 is 1.25 bits per heavy atom. The lowest BCUT2D eigenvalue weighted by molar-refractivity contribution is -0.121. The van der Waals surface area contributed by atoms with E-state index in [0.717, 1.165) is 5.56 Å². The van der Waals surface area contributed by atoms with E-state index in [1.54, 1.807) is 18.2 Å². The van der Waals surface area contributed by atoms with Gasteiger partial charge in [0.15, 0.2) is 0 Å². The molecule has 0 heterocycles. The molecule has 104 valence electrons. The molecule has 0 aliphatic heterocycles. The molecule has 0 fully saturated rings. The monoisotopic (exact) mass is 291 g/mol. The van der Waals surface area contributed by atoms with Gasteiger partial charge in [0.1, 0.15) is 5.82 Å². The zero-order valence-corrected chi connectivity index (χ0v) is 11.8. The summed E-state index contributed by atoms with van der Waals surface area (Å²) < 4.78 is 13.0. The summed E-state index contributed by atoms with van der Waals surface area (Å²) in [4.78, 5) is 11.9. The summed E-state index contributed by atoms with van der Waals surface area (Å²) in [6.07, 6.45) is 0.155. The van der Waals surface area contributed by atoms with Gasteiger partial charge < -0.3 is 5.32 Å². The lowest BCUT2D eigenvalue weighted by Gasteiger charge is -2.14. The molecule has 0 saturated carbocycles. The highest BCUT2D eigenvalue weighted by Gasteiger charge is 2.10. The van der Waals surface area contributed by atoms with Crippen LogP contribution in [0.3, 0.4) is 0 Å². The van der Waals surface area contributed by atoms with Crippen LogP contribution in [-0.2, 0) is 11.2 Å². The fourth-order valence-corrected chi connectivity index (χ4v) is 2.18. The van der Waals surface area contributed by atoms with Crippen molar-refractivity contribution in [3.8, 4) is 0 Å². The molecular weight excluding hydrogens is 277 g/mol. The average molecular weight is 292 g/mol. The number of benzene rings is 2. The second-order valence-electron chi connectivity index (χ2n) is 4.65. The van der Waals surface area contributed by atoms with Gasteiger partial charge in [-0.15, -0.1) is 0 Å². The molecule has 0 unspecified atom stereocenters. The highest BCUT2D eigenvalue weighted by molar-refractivity contribution is 6.30. The Balaban J connectivity index is 1.97. The summed E-state index contributed by atoms with van der Waals surface area (Å²) >= 11 is 5.92. The minimum absolute atomic E-state index is 0.144. The van der Waals surface area contributed by atoms with E-state index in [9.17, 15) is 9.18 Å². The van der Waals surface area contributed by atoms with E-state index in [4.69, 9.17) is 11.6 Å². The van der Waals surface area contributed by atoms with Crippen LogP contribution in [0, 0.1) is 5.82 Å². The van der Waals surface area contributed by atoms with Crippen LogP contribution in [0.1, 0.15) is 24.1 Å². The summed E-state index contributed by atoms with van der Waals surface area (Å²) in [6.45, 7) is 1.88. The van der Waals surface area contributed by atoms with Gasteiger partial charge in [-0.05, 0) is 42.3 Å². The number of halogens is 2. The van der Waals surface area contributed by atoms with E-state index in [1.807, 2.05) is 25.1 Å². The highest BCUT2D eigenvalue weighted by Crippen LogP contribution is 2.17. The lowest BCUT2D eigenvalue weighted by atomic mass is 10.1. The third-order valence-corrected chi connectivity index (χ3v) is 3.21. The minimum atomic E-state index is -0.335. The van der Waals surface area contributed by atoms with Crippen molar-refractivity contribution in [2.75, 3.05) is 0 Å². The van der Waals surface area contributed by atoms with Gasteiger partial charge in [0.05, 0.1) is 12.5 Å². The fourth-order valence-electron chi connectivity index (χ4n) is 1.98. The Bertz CT molecular complexity index is 615. The van der Waals surface area contributed by atoms with Gasteiger partial charge in [-0.2, -0.15) is 0 Å². The van der Waals surface area contributed by atoms with Crippen LogP contribution < -0.4 is 5.32 Å². The second-order valence-corrected chi connectivity index (χ2v) is 5.09. The summed E-state index contributed by atoms with van der Waals surface area (Å²) in [6, 6.07) is 13.2. The van der Waals surface area contributed by atoms with Crippen LogP contribution in [0.25, 0.3) is 0 Å². The topological polar surface area (TPSA) is 29.1 Å². The predicted octanol–water partition coefficient (Wildman–Crippen LogP) is 3.90. The summed E-state index contributed by atoms with van der Waals surface area (Å²) in [5.41, 5.74) is 1.59. The molecule has 2 aromatic carbocycles. The number of amides is 1. The Morgan fingerprint density at radius 2 is 2.00 bits per heavy atom. The van der Waals surface area contributed by atoms with Gasteiger partial charge in [-0.3, -0.25) is 4.79 Å². The van der Waals surface area contributed by atoms with Gasteiger partial charge in [0, 0.05) is 5.02 Å². The van der Waals surface area contributed by atoms with E-state index in [-0.39, 0.29) is 24.2 Å². The van der Waals surface area contributed by atoms with Crippen LogP contribution in [-0.4, -0.2) is 5.91 Å². The average Bonchev–Trinajstić information content (AvgIpc) is 2.38. The third kappa shape index (κ3) is 4.07. The first-order valence-corrected chi connectivity index (χ1v) is 6.71. The molecule has 1 N–H and O–H groups in total. The van der Waals surface area contributed by atoms with Crippen molar-refractivity contribution >= 4 is 17.5 Å². The van der Waals surface area contributed by atoms with E-state index in [1.165, 1.54) is 12.1 Å². The molecular formula is C16H15ClFNO. The van der Waals surface area contributed by atoms with Crippen LogP contribution in [0.5, 0.6) is 0 Å². The van der Waals surface area contributed by atoms with Gasteiger partial charge in [0.2, 0.25) is 5.91 Å².